The average Bonchev–Trinajstić information content (AvgIpc) is 3.29. The Kier molecular flexibility index (Phi) is 3.92. The van der Waals surface area contributed by atoms with Gasteiger partial charge in [0.1, 0.15) is 17.4 Å². The highest BCUT2D eigenvalue weighted by Crippen LogP contribution is 2.38. The molecule has 1 saturated carbocycles. The van der Waals surface area contributed by atoms with Crippen LogP contribution in [0.3, 0.4) is 0 Å². The zero-order valence-corrected chi connectivity index (χ0v) is 12.8. The second-order valence-electron chi connectivity index (χ2n) is 5.65. The summed E-state index contributed by atoms with van der Waals surface area (Å²) in [5.41, 5.74) is 1.16. The van der Waals surface area contributed by atoms with Gasteiger partial charge in [0, 0.05) is 24.6 Å². The fraction of sp³-hybridized carbons (Fsp3) is 0.500. The molecule has 0 radical (unpaired) electrons. The third-order valence-corrected chi connectivity index (χ3v) is 4.11. The van der Waals surface area contributed by atoms with Crippen molar-refractivity contribution >= 4 is 0 Å². The Morgan fingerprint density at radius 3 is 2.81 bits per heavy atom. The molecule has 1 atom stereocenters. The number of rotatable bonds is 6. The minimum atomic E-state index is 0.197. The number of aromatic nitrogens is 3. The van der Waals surface area contributed by atoms with Gasteiger partial charge in [-0.15, -0.1) is 10.2 Å². The highest BCUT2D eigenvalue weighted by Gasteiger charge is 2.29. The first kappa shape index (κ1) is 14.1. The molecule has 0 bridgehead atoms. The number of hydrogen-bond acceptors (Lipinski definition) is 4. The van der Waals surface area contributed by atoms with Crippen LogP contribution in [0.15, 0.2) is 24.3 Å². The first-order valence-electron chi connectivity index (χ1n) is 7.45. The van der Waals surface area contributed by atoms with Gasteiger partial charge >= 0.3 is 0 Å². The van der Waals surface area contributed by atoms with Crippen LogP contribution >= 0.6 is 0 Å². The maximum absolute atomic E-state index is 5.41. The first-order valence-corrected chi connectivity index (χ1v) is 7.45. The summed E-state index contributed by atoms with van der Waals surface area (Å²) < 4.78 is 7.54. The normalized spacial score (nSPS) is 16.0. The summed E-state index contributed by atoms with van der Waals surface area (Å²) in [6.45, 7) is 2.84. The number of nitrogens with zero attached hydrogens (tertiary/aromatic N) is 3. The van der Waals surface area contributed by atoms with Crippen molar-refractivity contribution < 1.29 is 4.74 Å². The lowest BCUT2D eigenvalue weighted by Crippen LogP contribution is -2.21. The summed E-state index contributed by atoms with van der Waals surface area (Å²) >= 11 is 0. The Hall–Kier alpha value is -1.88. The molecule has 0 aliphatic heterocycles. The van der Waals surface area contributed by atoms with Crippen molar-refractivity contribution in [2.24, 2.45) is 7.05 Å². The lowest BCUT2D eigenvalue weighted by Gasteiger charge is -2.17. The monoisotopic (exact) mass is 286 g/mol. The number of nitrogens with one attached hydrogen (secondary N) is 1. The van der Waals surface area contributed by atoms with Gasteiger partial charge in [0.2, 0.25) is 0 Å². The van der Waals surface area contributed by atoms with Crippen LogP contribution in [0.4, 0.5) is 0 Å². The Labute approximate surface area is 125 Å². The molecule has 1 aromatic carbocycles. The fourth-order valence-corrected chi connectivity index (χ4v) is 2.60. The molecule has 2 aromatic rings. The molecule has 1 aliphatic carbocycles. The molecule has 1 N–H and O–H groups in total. The van der Waals surface area contributed by atoms with Gasteiger partial charge in [-0.25, -0.2) is 0 Å². The second-order valence-corrected chi connectivity index (χ2v) is 5.65. The molecule has 0 amide bonds. The molecule has 0 unspecified atom stereocenters. The van der Waals surface area contributed by atoms with E-state index in [1.165, 1.54) is 12.8 Å². The number of methoxy groups -OCH3 is 1. The predicted molar refractivity (Wildman–Crippen MR) is 81.2 cm³/mol. The van der Waals surface area contributed by atoms with Gasteiger partial charge in [-0.2, -0.15) is 0 Å². The summed E-state index contributed by atoms with van der Waals surface area (Å²) in [5, 5.41) is 12.1. The van der Waals surface area contributed by atoms with E-state index in [2.05, 4.69) is 40.1 Å². The van der Waals surface area contributed by atoms with Crippen molar-refractivity contribution in [1.82, 2.24) is 20.1 Å². The minimum absolute atomic E-state index is 0.197. The van der Waals surface area contributed by atoms with Gasteiger partial charge in [-0.05, 0) is 25.8 Å². The molecule has 5 heteroatoms. The van der Waals surface area contributed by atoms with E-state index in [4.69, 9.17) is 4.74 Å². The van der Waals surface area contributed by atoms with Crippen LogP contribution in [-0.4, -0.2) is 21.9 Å². The Bertz CT molecular complexity index is 618. The molecule has 1 fully saturated rings. The van der Waals surface area contributed by atoms with Crippen LogP contribution in [0.1, 0.15) is 48.9 Å². The molecule has 0 saturated heterocycles. The predicted octanol–water partition coefficient (Wildman–Crippen LogP) is 2.55. The fourth-order valence-electron chi connectivity index (χ4n) is 2.60. The van der Waals surface area contributed by atoms with Gasteiger partial charge in [0.25, 0.3) is 0 Å². The highest BCUT2D eigenvalue weighted by atomic mass is 16.5. The van der Waals surface area contributed by atoms with Crippen LogP contribution in [0.5, 0.6) is 5.75 Å². The number of ether oxygens (including phenoxy) is 1. The van der Waals surface area contributed by atoms with Crippen LogP contribution < -0.4 is 10.1 Å². The number of benzene rings is 1. The molecule has 5 nitrogen and oxygen atoms in total. The summed E-state index contributed by atoms with van der Waals surface area (Å²) in [6.07, 6.45) is 2.49. The van der Waals surface area contributed by atoms with Crippen molar-refractivity contribution in [3.8, 4) is 5.75 Å². The van der Waals surface area contributed by atoms with Crippen molar-refractivity contribution in [2.75, 3.05) is 7.11 Å². The quantitative estimate of drug-likeness (QED) is 0.886. The van der Waals surface area contributed by atoms with Gasteiger partial charge in [0.05, 0.1) is 13.7 Å². The highest BCUT2D eigenvalue weighted by molar-refractivity contribution is 5.35. The van der Waals surface area contributed by atoms with E-state index in [1.54, 1.807) is 7.11 Å². The molecule has 0 spiro atoms. The average molecular weight is 286 g/mol. The Morgan fingerprint density at radius 1 is 1.33 bits per heavy atom. The smallest absolute Gasteiger partial charge is 0.146 e. The SMILES string of the molecule is COc1ccccc1[C@@H](C)NCc1nnc(C2CC2)n1C. The summed E-state index contributed by atoms with van der Waals surface area (Å²) in [7, 11) is 3.76. The summed E-state index contributed by atoms with van der Waals surface area (Å²) in [6, 6.07) is 8.29. The van der Waals surface area contributed by atoms with Gasteiger partial charge in [-0.1, -0.05) is 18.2 Å². The first-order chi connectivity index (χ1) is 10.2. The lowest BCUT2D eigenvalue weighted by molar-refractivity contribution is 0.400. The van der Waals surface area contributed by atoms with Crippen molar-refractivity contribution in [3.05, 3.63) is 41.5 Å². The summed E-state index contributed by atoms with van der Waals surface area (Å²) in [4.78, 5) is 0. The Balaban J connectivity index is 1.67. The van der Waals surface area contributed by atoms with E-state index >= 15 is 0 Å². The standard InChI is InChI=1S/C16H22N4O/c1-11(13-6-4-5-7-14(13)21-3)17-10-15-18-19-16(20(15)2)12-8-9-12/h4-7,11-12,17H,8-10H2,1-3H3/t11-/m1/s1. The zero-order chi connectivity index (χ0) is 14.8. The maximum atomic E-state index is 5.41. The van der Waals surface area contributed by atoms with E-state index < -0.39 is 0 Å². The van der Waals surface area contributed by atoms with E-state index in [9.17, 15) is 0 Å². The largest absolute Gasteiger partial charge is 0.496 e. The number of hydrogen-bond donors (Lipinski definition) is 1. The third kappa shape index (κ3) is 2.93. The molecule has 21 heavy (non-hydrogen) atoms. The van der Waals surface area contributed by atoms with E-state index in [1.807, 2.05) is 18.2 Å². The molecule has 1 heterocycles. The molecule has 1 aliphatic rings. The summed E-state index contributed by atoms with van der Waals surface area (Å²) in [5.74, 6) is 3.65. The molecule has 3 rings (SSSR count). The van der Waals surface area contributed by atoms with Crippen LogP contribution in [0.25, 0.3) is 0 Å². The second kappa shape index (κ2) is 5.85. The van der Waals surface area contributed by atoms with Crippen LogP contribution in [0, 0.1) is 0 Å². The lowest BCUT2D eigenvalue weighted by atomic mass is 10.1. The Morgan fingerprint density at radius 2 is 2.10 bits per heavy atom. The van der Waals surface area contributed by atoms with Gasteiger partial charge < -0.3 is 14.6 Å². The van der Waals surface area contributed by atoms with E-state index in [-0.39, 0.29) is 6.04 Å². The van der Waals surface area contributed by atoms with E-state index in [0.29, 0.717) is 12.5 Å². The van der Waals surface area contributed by atoms with Crippen molar-refractivity contribution in [1.29, 1.82) is 0 Å². The zero-order valence-electron chi connectivity index (χ0n) is 12.8. The van der Waals surface area contributed by atoms with Gasteiger partial charge in [-0.3, -0.25) is 0 Å². The molecular formula is C16H22N4O. The molecule has 1 aromatic heterocycles. The van der Waals surface area contributed by atoms with Crippen LogP contribution in [0.2, 0.25) is 0 Å². The third-order valence-electron chi connectivity index (χ3n) is 4.11. The van der Waals surface area contributed by atoms with Crippen molar-refractivity contribution in [2.45, 2.75) is 38.3 Å². The maximum Gasteiger partial charge on any atom is 0.146 e. The van der Waals surface area contributed by atoms with Crippen molar-refractivity contribution in [3.63, 3.8) is 0 Å². The van der Waals surface area contributed by atoms with E-state index in [0.717, 1.165) is 23.0 Å². The van der Waals surface area contributed by atoms with Gasteiger partial charge in [0.15, 0.2) is 0 Å². The van der Waals surface area contributed by atoms with Crippen LogP contribution in [-0.2, 0) is 13.6 Å². The molecule has 112 valence electrons. The topological polar surface area (TPSA) is 52.0 Å². The molecular weight excluding hydrogens is 264 g/mol. The number of para-hydroxylation sites is 1. The minimum Gasteiger partial charge on any atom is -0.496 e.